The Morgan fingerprint density at radius 3 is 2.19 bits per heavy atom. The zero-order valence-corrected chi connectivity index (χ0v) is 13.0. The number of carbonyl (C=O) groups is 2. The van der Waals surface area contributed by atoms with Gasteiger partial charge in [0.2, 0.25) is 5.91 Å². The van der Waals surface area contributed by atoms with E-state index in [1.54, 1.807) is 26.0 Å². The monoisotopic (exact) mass is 313 g/mol. The van der Waals surface area contributed by atoms with Crippen LogP contribution in [-0.2, 0) is 25.2 Å². The molecule has 1 atom stereocenters. The molecule has 1 amide bonds. The van der Waals surface area contributed by atoms with Gasteiger partial charge in [0.15, 0.2) is 9.84 Å². The van der Waals surface area contributed by atoms with Gasteiger partial charge in [-0.15, -0.1) is 0 Å². The Bertz CT molecular complexity index is 631. The van der Waals surface area contributed by atoms with Crippen LogP contribution in [0.2, 0.25) is 0 Å². The van der Waals surface area contributed by atoms with Crippen molar-refractivity contribution in [1.29, 1.82) is 0 Å². The summed E-state index contributed by atoms with van der Waals surface area (Å²) < 4.78 is 24.4. The van der Waals surface area contributed by atoms with Gasteiger partial charge < -0.3 is 10.4 Å². The van der Waals surface area contributed by atoms with Gasteiger partial charge in [0.25, 0.3) is 0 Å². The molecule has 6 nitrogen and oxygen atoms in total. The number of carboxylic acid groups (broad SMARTS) is 1. The molecule has 0 spiro atoms. The maximum atomic E-state index is 12.2. The van der Waals surface area contributed by atoms with E-state index < -0.39 is 33.5 Å². The lowest BCUT2D eigenvalue weighted by Crippen LogP contribution is -2.44. The van der Waals surface area contributed by atoms with Gasteiger partial charge in [-0.05, 0) is 30.5 Å². The Hall–Kier alpha value is -1.89. The van der Waals surface area contributed by atoms with Crippen molar-refractivity contribution >= 4 is 21.7 Å². The molecule has 0 aliphatic heterocycles. The summed E-state index contributed by atoms with van der Waals surface area (Å²) in [7, 11) is -3.67. The fourth-order valence-corrected chi connectivity index (χ4v) is 3.78. The molecule has 0 bridgehead atoms. The molecule has 0 fully saturated rings. The molecular formula is C14H19NO5S. The van der Waals surface area contributed by atoms with E-state index in [0.29, 0.717) is 5.56 Å². The van der Waals surface area contributed by atoms with E-state index >= 15 is 0 Å². The van der Waals surface area contributed by atoms with Crippen LogP contribution in [0.25, 0.3) is 0 Å². The summed E-state index contributed by atoms with van der Waals surface area (Å²) in [6, 6.07) is 4.01. The fourth-order valence-electron chi connectivity index (χ4n) is 2.03. The molecule has 1 rings (SSSR count). The Morgan fingerprint density at radius 2 is 1.76 bits per heavy atom. The minimum Gasteiger partial charge on any atom is -0.480 e. The van der Waals surface area contributed by atoms with Crippen LogP contribution in [0.15, 0.2) is 18.2 Å². The van der Waals surface area contributed by atoms with Crippen molar-refractivity contribution in [3.63, 3.8) is 0 Å². The van der Waals surface area contributed by atoms with Crippen LogP contribution < -0.4 is 5.32 Å². The highest BCUT2D eigenvalue weighted by Gasteiger charge is 2.26. The minimum absolute atomic E-state index is 0.241. The molecule has 0 aliphatic carbocycles. The average molecular weight is 313 g/mol. The highest BCUT2D eigenvalue weighted by molar-refractivity contribution is 7.90. The molecule has 21 heavy (non-hydrogen) atoms. The average Bonchev–Trinajstić information content (AvgIpc) is 2.32. The highest BCUT2D eigenvalue weighted by atomic mass is 32.2. The number of amides is 1. The number of nitrogens with one attached hydrogen (secondary N) is 1. The quantitative estimate of drug-likeness (QED) is 0.809. The van der Waals surface area contributed by atoms with Crippen molar-refractivity contribution in [3.05, 3.63) is 34.9 Å². The zero-order chi connectivity index (χ0) is 16.2. The molecule has 0 aromatic heterocycles. The van der Waals surface area contributed by atoms with Crippen molar-refractivity contribution in [2.75, 3.05) is 5.75 Å². The van der Waals surface area contributed by atoms with Gasteiger partial charge in [-0.2, -0.15) is 0 Å². The molecule has 0 saturated carbocycles. The van der Waals surface area contributed by atoms with Crippen molar-refractivity contribution in [2.45, 2.75) is 32.6 Å². The molecule has 116 valence electrons. The highest BCUT2D eigenvalue weighted by Crippen LogP contribution is 2.17. The van der Waals surface area contributed by atoms with Crippen molar-refractivity contribution in [1.82, 2.24) is 5.32 Å². The van der Waals surface area contributed by atoms with Crippen LogP contribution in [0.3, 0.4) is 0 Å². The lowest BCUT2D eigenvalue weighted by Gasteiger charge is -2.15. The molecular weight excluding hydrogens is 294 g/mol. The number of hydrogen-bond acceptors (Lipinski definition) is 4. The number of hydrogen-bond donors (Lipinski definition) is 2. The number of sulfone groups is 1. The molecule has 7 heteroatoms. The first kappa shape index (κ1) is 17.2. The maximum absolute atomic E-state index is 12.2. The first-order valence-electron chi connectivity index (χ1n) is 6.38. The fraction of sp³-hybridized carbons (Fsp3) is 0.429. The predicted molar refractivity (Wildman–Crippen MR) is 78.6 cm³/mol. The molecule has 0 radical (unpaired) electrons. The Kier molecular flexibility index (Phi) is 5.48. The summed E-state index contributed by atoms with van der Waals surface area (Å²) in [5, 5.41) is 11.1. The zero-order valence-electron chi connectivity index (χ0n) is 12.2. The number of benzene rings is 1. The summed E-state index contributed by atoms with van der Waals surface area (Å²) in [5.74, 6) is -2.81. The van der Waals surface area contributed by atoms with E-state index in [4.69, 9.17) is 5.11 Å². The van der Waals surface area contributed by atoms with Crippen LogP contribution in [0.5, 0.6) is 0 Å². The van der Waals surface area contributed by atoms with Crippen LogP contribution in [0.4, 0.5) is 0 Å². The third-order valence-corrected chi connectivity index (χ3v) is 4.67. The first-order valence-corrected chi connectivity index (χ1v) is 8.20. The SMILES string of the molecule is CC(=O)NC(CS(=O)(=O)Cc1c(C)cccc1C)C(=O)O. The van der Waals surface area contributed by atoms with Crippen molar-refractivity contribution in [2.24, 2.45) is 0 Å². The molecule has 0 aliphatic rings. The van der Waals surface area contributed by atoms with E-state index in [0.717, 1.165) is 18.1 Å². The topological polar surface area (TPSA) is 101 Å². The third kappa shape index (κ3) is 5.18. The lowest BCUT2D eigenvalue weighted by atomic mass is 10.1. The minimum atomic E-state index is -3.67. The summed E-state index contributed by atoms with van der Waals surface area (Å²) >= 11 is 0. The number of carboxylic acids is 1. The Morgan fingerprint density at radius 1 is 1.24 bits per heavy atom. The third-order valence-electron chi connectivity index (χ3n) is 3.10. The number of rotatable bonds is 6. The molecule has 1 aromatic rings. The van der Waals surface area contributed by atoms with E-state index in [2.05, 4.69) is 5.32 Å². The van der Waals surface area contributed by atoms with Gasteiger partial charge >= 0.3 is 5.97 Å². The molecule has 1 aromatic carbocycles. The smallest absolute Gasteiger partial charge is 0.327 e. The van der Waals surface area contributed by atoms with Gasteiger partial charge in [-0.1, -0.05) is 18.2 Å². The molecule has 0 saturated heterocycles. The maximum Gasteiger partial charge on any atom is 0.327 e. The lowest BCUT2D eigenvalue weighted by molar-refractivity contribution is -0.140. The number of aliphatic carboxylic acids is 1. The van der Waals surface area contributed by atoms with Gasteiger partial charge in [0.1, 0.15) is 6.04 Å². The van der Waals surface area contributed by atoms with Crippen molar-refractivity contribution < 1.29 is 23.1 Å². The second-order valence-electron chi connectivity index (χ2n) is 5.02. The summed E-state index contributed by atoms with van der Waals surface area (Å²) in [5.41, 5.74) is 2.35. The number of aryl methyl sites for hydroxylation is 2. The van der Waals surface area contributed by atoms with Crippen LogP contribution in [0, 0.1) is 13.8 Å². The van der Waals surface area contributed by atoms with E-state index in [1.807, 2.05) is 6.07 Å². The second-order valence-corrected chi connectivity index (χ2v) is 7.13. The number of carbonyl (C=O) groups excluding carboxylic acids is 1. The second kappa shape index (κ2) is 6.71. The van der Waals surface area contributed by atoms with Gasteiger partial charge in [-0.25, -0.2) is 13.2 Å². The van der Waals surface area contributed by atoms with Gasteiger partial charge in [-0.3, -0.25) is 4.79 Å². The predicted octanol–water partition coefficient (Wildman–Crippen LogP) is 0.808. The summed E-state index contributed by atoms with van der Waals surface area (Å²) in [6.45, 7) is 4.76. The van der Waals surface area contributed by atoms with Gasteiger partial charge in [0.05, 0.1) is 11.5 Å². The molecule has 1 unspecified atom stereocenters. The molecule has 0 heterocycles. The van der Waals surface area contributed by atoms with Crippen LogP contribution in [-0.4, -0.2) is 37.2 Å². The Labute approximate surface area is 124 Å². The summed E-state index contributed by atoms with van der Waals surface area (Å²) in [6.07, 6.45) is 0. The van der Waals surface area contributed by atoms with Crippen LogP contribution in [0.1, 0.15) is 23.6 Å². The summed E-state index contributed by atoms with van der Waals surface area (Å²) in [4.78, 5) is 22.0. The van der Waals surface area contributed by atoms with E-state index in [1.165, 1.54) is 0 Å². The normalized spacial score (nSPS) is 12.7. The van der Waals surface area contributed by atoms with E-state index in [9.17, 15) is 18.0 Å². The molecule has 2 N–H and O–H groups in total. The largest absolute Gasteiger partial charge is 0.480 e. The van der Waals surface area contributed by atoms with Gasteiger partial charge in [0, 0.05) is 6.92 Å². The first-order chi connectivity index (χ1) is 9.62. The standard InChI is InChI=1S/C14H19NO5S/c1-9-5-4-6-10(2)12(9)7-21(19,20)8-13(14(17)18)15-11(3)16/h4-6,13H,7-8H2,1-3H3,(H,15,16)(H,17,18). The Balaban J connectivity index is 2.96. The van der Waals surface area contributed by atoms with E-state index in [-0.39, 0.29) is 5.75 Å². The van der Waals surface area contributed by atoms with Crippen molar-refractivity contribution in [3.8, 4) is 0 Å². The van der Waals surface area contributed by atoms with Crippen LogP contribution >= 0.6 is 0 Å².